The van der Waals surface area contributed by atoms with Crippen molar-refractivity contribution in [1.82, 2.24) is 14.5 Å². The van der Waals surface area contributed by atoms with Gasteiger partial charge in [0.2, 0.25) is 0 Å². The van der Waals surface area contributed by atoms with Crippen molar-refractivity contribution in [2.75, 3.05) is 0 Å². The van der Waals surface area contributed by atoms with Crippen LogP contribution in [0, 0.1) is 0 Å². The third-order valence-corrected chi connectivity index (χ3v) is 5.86. The molecule has 1 aliphatic carbocycles. The summed E-state index contributed by atoms with van der Waals surface area (Å²) >= 11 is 0. The minimum absolute atomic E-state index is 0.0716. The average Bonchev–Trinajstić information content (AvgIpc) is 3.18. The normalized spacial score (nSPS) is 15.9. The molecule has 4 nitrogen and oxygen atoms in total. The highest BCUT2D eigenvalue weighted by molar-refractivity contribution is 5.93. The first-order valence-electron chi connectivity index (χ1n) is 10.8. The van der Waals surface area contributed by atoms with Gasteiger partial charge in [-0.3, -0.25) is 4.79 Å². The Labute approximate surface area is 172 Å². The third-order valence-electron chi connectivity index (χ3n) is 5.86. The van der Waals surface area contributed by atoms with Gasteiger partial charge < -0.3 is 9.55 Å². The molecule has 1 N–H and O–H groups in total. The molecule has 0 spiro atoms. The zero-order valence-electron chi connectivity index (χ0n) is 16.9. The summed E-state index contributed by atoms with van der Waals surface area (Å²) in [5, 5.41) is 0.688. The third kappa shape index (κ3) is 4.58. The van der Waals surface area contributed by atoms with Gasteiger partial charge in [0.15, 0.2) is 0 Å². The van der Waals surface area contributed by atoms with Gasteiger partial charge in [0, 0.05) is 17.8 Å². The average molecular weight is 388 g/mol. The molecule has 0 aliphatic heterocycles. The van der Waals surface area contributed by atoms with E-state index in [4.69, 9.17) is 0 Å². The summed E-state index contributed by atoms with van der Waals surface area (Å²) in [6, 6.07) is 18.6. The van der Waals surface area contributed by atoms with Crippen LogP contribution in [0.1, 0.15) is 57.4 Å². The zero-order valence-corrected chi connectivity index (χ0v) is 16.9. The number of H-pyrrole nitrogens is 1. The first-order valence-corrected chi connectivity index (χ1v) is 10.8. The summed E-state index contributed by atoms with van der Waals surface area (Å²) in [4.78, 5) is 20.2. The molecule has 1 aliphatic rings. The van der Waals surface area contributed by atoms with E-state index < -0.39 is 0 Å². The Bertz CT molecular complexity index is 1030. The molecule has 29 heavy (non-hydrogen) atoms. The number of hydrogen-bond acceptors (Lipinski definition) is 2. The Hall–Kier alpha value is -2.88. The molecular weight excluding hydrogens is 358 g/mol. The molecule has 0 bridgehead atoms. The Kier molecular flexibility index (Phi) is 6.40. The lowest BCUT2D eigenvalue weighted by atomic mass is 10.0. The molecule has 4 heteroatoms. The highest BCUT2D eigenvalue weighted by Crippen LogP contribution is 2.33. The van der Waals surface area contributed by atoms with E-state index in [1.807, 2.05) is 42.5 Å². The monoisotopic (exact) mass is 387 g/mol. The molecule has 1 aromatic carbocycles. The molecule has 0 radical (unpaired) electrons. The van der Waals surface area contributed by atoms with Crippen LogP contribution >= 0.6 is 0 Å². The van der Waals surface area contributed by atoms with Crippen LogP contribution in [0.25, 0.3) is 22.2 Å². The number of nitrogens with zero attached hydrogens (tertiary/aromatic N) is 2. The number of aromatic amines is 1. The van der Waals surface area contributed by atoms with E-state index in [1.54, 1.807) is 0 Å². The Balaban J connectivity index is 1.87. The molecular formula is C25H29N3O. The number of rotatable bonds is 2. The maximum Gasteiger partial charge on any atom is 0.260 e. The van der Waals surface area contributed by atoms with Crippen molar-refractivity contribution < 1.29 is 0 Å². The highest BCUT2D eigenvalue weighted by atomic mass is 16.1. The van der Waals surface area contributed by atoms with Gasteiger partial charge in [-0.05, 0) is 18.4 Å². The molecule has 150 valence electrons. The predicted octanol–water partition coefficient (Wildman–Crippen LogP) is 6.19. The summed E-state index contributed by atoms with van der Waals surface area (Å²) in [5.74, 6) is 0. The van der Waals surface area contributed by atoms with E-state index in [0.717, 1.165) is 29.6 Å². The van der Waals surface area contributed by atoms with E-state index >= 15 is 0 Å². The van der Waals surface area contributed by atoms with E-state index in [-0.39, 0.29) is 5.56 Å². The molecule has 3 aromatic rings. The van der Waals surface area contributed by atoms with Crippen LogP contribution in [0.5, 0.6) is 0 Å². The van der Waals surface area contributed by atoms with Gasteiger partial charge in [0.05, 0.1) is 11.7 Å². The summed E-state index contributed by atoms with van der Waals surface area (Å²) in [6.07, 6.45) is 13.8. The summed E-state index contributed by atoms with van der Waals surface area (Å²) in [7, 11) is 0. The molecule has 4 rings (SSSR count). The Morgan fingerprint density at radius 1 is 0.828 bits per heavy atom. The molecule has 2 heterocycles. The van der Waals surface area contributed by atoms with Gasteiger partial charge in [0.25, 0.3) is 5.56 Å². The van der Waals surface area contributed by atoms with Crippen molar-refractivity contribution in [3.63, 3.8) is 0 Å². The molecule has 0 saturated heterocycles. The fourth-order valence-corrected chi connectivity index (χ4v) is 4.35. The maximum absolute atomic E-state index is 12.8. The van der Waals surface area contributed by atoms with Gasteiger partial charge in [-0.15, -0.1) is 0 Å². The maximum atomic E-state index is 12.8. The fraction of sp³-hybridized carbons (Fsp3) is 0.360. The Morgan fingerprint density at radius 2 is 1.41 bits per heavy atom. The minimum atomic E-state index is -0.0716. The second-order valence-electron chi connectivity index (χ2n) is 7.87. The number of fused-ring (bicyclic) bond motifs is 1. The number of hydrogen-bond donors (Lipinski definition) is 1. The van der Waals surface area contributed by atoms with Crippen LogP contribution in [0.4, 0.5) is 0 Å². The van der Waals surface area contributed by atoms with Crippen LogP contribution in [0.15, 0.2) is 71.9 Å². The molecule has 0 unspecified atom stereocenters. The van der Waals surface area contributed by atoms with Gasteiger partial charge >= 0.3 is 0 Å². The first-order chi connectivity index (χ1) is 14.3. The van der Waals surface area contributed by atoms with E-state index in [1.165, 1.54) is 44.9 Å². The lowest BCUT2D eigenvalue weighted by Crippen LogP contribution is -2.11. The summed E-state index contributed by atoms with van der Waals surface area (Å²) in [6.45, 7) is 0. The fourth-order valence-electron chi connectivity index (χ4n) is 4.35. The van der Waals surface area contributed by atoms with Crippen LogP contribution in [-0.4, -0.2) is 14.5 Å². The van der Waals surface area contributed by atoms with Gasteiger partial charge in [-0.2, -0.15) is 0 Å². The molecule has 0 amide bonds. The smallest absolute Gasteiger partial charge is 0.260 e. The SMILES string of the molecule is O=c1[nH]cnc2c1c(-c1ccccccccc1)cn2C1CCCCCCCC1. The lowest BCUT2D eigenvalue weighted by molar-refractivity contribution is 0.424. The van der Waals surface area contributed by atoms with Crippen molar-refractivity contribution in [3.05, 3.63) is 77.5 Å². The van der Waals surface area contributed by atoms with Crippen molar-refractivity contribution in [2.24, 2.45) is 0 Å². The lowest BCUT2D eigenvalue weighted by Gasteiger charge is -2.18. The van der Waals surface area contributed by atoms with Crippen LogP contribution < -0.4 is 5.56 Å². The Morgan fingerprint density at radius 3 is 2.07 bits per heavy atom. The zero-order chi connectivity index (χ0) is 19.9. The van der Waals surface area contributed by atoms with E-state index in [9.17, 15) is 4.79 Å². The molecule has 0 atom stereocenters. The second-order valence-corrected chi connectivity index (χ2v) is 7.87. The summed E-state index contributed by atoms with van der Waals surface area (Å²) < 4.78 is 2.28. The number of nitrogens with one attached hydrogen (secondary N) is 1. The van der Waals surface area contributed by atoms with Gasteiger partial charge in [-0.25, -0.2) is 4.98 Å². The van der Waals surface area contributed by atoms with Crippen LogP contribution in [0.3, 0.4) is 0 Å². The van der Waals surface area contributed by atoms with Crippen molar-refractivity contribution in [2.45, 2.75) is 57.4 Å². The van der Waals surface area contributed by atoms with Crippen molar-refractivity contribution in [3.8, 4) is 11.1 Å². The van der Waals surface area contributed by atoms with E-state index in [2.05, 4.69) is 32.9 Å². The topological polar surface area (TPSA) is 50.7 Å². The standard InChI is InChI=1S/C25H29N3O/c29-25-23-22(20-14-10-6-2-1-3-7-11-15-20)18-28(24(23)26-19-27-25)21-16-12-8-4-5-9-13-17-21/h1-3,6-7,10-11,14-15,18-19,21H,4-5,8-9,12-13,16-17H2,(H,26,27,29). The molecule has 1 saturated carbocycles. The van der Waals surface area contributed by atoms with E-state index in [0.29, 0.717) is 11.4 Å². The van der Waals surface area contributed by atoms with Crippen LogP contribution in [-0.2, 0) is 0 Å². The van der Waals surface area contributed by atoms with Crippen molar-refractivity contribution in [1.29, 1.82) is 0 Å². The summed E-state index contributed by atoms with van der Waals surface area (Å²) in [5.41, 5.74) is 2.70. The molecule has 2 aromatic heterocycles. The second kappa shape index (κ2) is 9.55. The van der Waals surface area contributed by atoms with Gasteiger partial charge in [-0.1, -0.05) is 93.1 Å². The van der Waals surface area contributed by atoms with Gasteiger partial charge in [0.1, 0.15) is 5.65 Å². The van der Waals surface area contributed by atoms with Crippen LogP contribution in [0.2, 0.25) is 0 Å². The predicted molar refractivity (Wildman–Crippen MR) is 119 cm³/mol. The largest absolute Gasteiger partial charge is 0.329 e. The highest BCUT2D eigenvalue weighted by Gasteiger charge is 2.20. The quantitative estimate of drug-likeness (QED) is 0.570. The number of aromatic nitrogens is 3. The van der Waals surface area contributed by atoms with Crippen molar-refractivity contribution >= 4 is 11.0 Å². The molecule has 1 fully saturated rings. The minimum Gasteiger partial charge on any atom is -0.329 e. The first kappa shape index (κ1) is 19.4.